The van der Waals surface area contributed by atoms with Crippen molar-refractivity contribution in [3.63, 3.8) is 0 Å². The summed E-state index contributed by atoms with van der Waals surface area (Å²) < 4.78 is 5.50. The Balaban J connectivity index is 2.24. The Bertz CT molecular complexity index is 488. The summed E-state index contributed by atoms with van der Waals surface area (Å²) in [5, 5.41) is 9.50. The van der Waals surface area contributed by atoms with Gasteiger partial charge in [-0.15, -0.1) is 0 Å². The number of ether oxygens (including phenoxy) is 1. The fraction of sp³-hybridized carbons (Fsp3) is 0.0833. The number of rotatable bonds is 3. The third-order valence-electron chi connectivity index (χ3n) is 2.03. The summed E-state index contributed by atoms with van der Waals surface area (Å²) in [7, 11) is 0. The predicted octanol–water partition coefficient (Wildman–Crippen LogP) is 3.02. The van der Waals surface area contributed by atoms with Crippen molar-refractivity contribution in [1.29, 1.82) is 0 Å². The monoisotopic (exact) mass is 235 g/mol. The summed E-state index contributed by atoms with van der Waals surface area (Å²) in [5.74, 6) is 0.964. The van der Waals surface area contributed by atoms with Crippen LogP contribution in [0.25, 0.3) is 0 Å². The predicted molar refractivity (Wildman–Crippen MR) is 61.7 cm³/mol. The molecule has 1 aromatic heterocycles. The molecule has 0 radical (unpaired) electrons. The van der Waals surface area contributed by atoms with Crippen molar-refractivity contribution in [2.45, 2.75) is 6.61 Å². The lowest BCUT2D eigenvalue weighted by atomic mass is 10.3. The molecule has 0 fully saturated rings. The quantitative estimate of drug-likeness (QED) is 0.889. The first-order chi connectivity index (χ1) is 7.79. The molecule has 2 aromatic rings. The van der Waals surface area contributed by atoms with Crippen LogP contribution in [-0.4, -0.2) is 10.1 Å². The van der Waals surface area contributed by atoms with Gasteiger partial charge in [0.05, 0.1) is 11.6 Å². The van der Waals surface area contributed by atoms with E-state index in [9.17, 15) is 0 Å². The normalized spacial score (nSPS) is 10.1. The minimum atomic E-state index is -0.0403. The van der Waals surface area contributed by atoms with Crippen LogP contribution in [0.5, 0.6) is 11.6 Å². The van der Waals surface area contributed by atoms with Crippen LogP contribution in [0.3, 0.4) is 0 Å². The molecule has 1 heterocycles. The molecule has 0 unspecified atom stereocenters. The highest BCUT2D eigenvalue weighted by molar-refractivity contribution is 6.32. The standard InChI is InChI=1S/C12H10ClNO2/c13-10-3-1-2-4-11(10)16-12-7-9(8-15)5-6-14-12/h1-7,15H,8H2. The summed E-state index contributed by atoms with van der Waals surface area (Å²) in [5.41, 5.74) is 0.747. The molecule has 0 amide bonds. The molecule has 16 heavy (non-hydrogen) atoms. The van der Waals surface area contributed by atoms with E-state index in [0.29, 0.717) is 16.7 Å². The second kappa shape index (κ2) is 4.96. The molecule has 0 saturated heterocycles. The number of nitrogens with zero attached hydrogens (tertiary/aromatic N) is 1. The molecule has 0 aliphatic rings. The highest BCUT2D eigenvalue weighted by Gasteiger charge is 2.03. The summed E-state index contributed by atoms with van der Waals surface area (Å²) in [4.78, 5) is 4.03. The SMILES string of the molecule is OCc1ccnc(Oc2ccccc2Cl)c1. The molecule has 1 N–H and O–H groups in total. The number of hydrogen-bond acceptors (Lipinski definition) is 3. The summed E-state index contributed by atoms with van der Waals surface area (Å²) in [6, 6.07) is 10.6. The lowest BCUT2D eigenvalue weighted by molar-refractivity contribution is 0.281. The molecular formula is C12H10ClNO2. The van der Waals surface area contributed by atoms with Crippen LogP contribution in [0.2, 0.25) is 5.02 Å². The highest BCUT2D eigenvalue weighted by Crippen LogP contribution is 2.27. The first-order valence-electron chi connectivity index (χ1n) is 4.78. The first-order valence-corrected chi connectivity index (χ1v) is 5.15. The second-order valence-electron chi connectivity index (χ2n) is 3.19. The maximum absolute atomic E-state index is 8.97. The molecular weight excluding hydrogens is 226 g/mol. The van der Waals surface area contributed by atoms with Gasteiger partial charge in [-0.25, -0.2) is 4.98 Å². The Morgan fingerprint density at radius 1 is 1.25 bits per heavy atom. The first kappa shape index (κ1) is 10.9. The molecule has 1 aromatic carbocycles. The van der Waals surface area contributed by atoms with Gasteiger partial charge in [0.15, 0.2) is 0 Å². The number of hydrogen-bond donors (Lipinski definition) is 1. The lowest BCUT2D eigenvalue weighted by Gasteiger charge is -2.06. The Morgan fingerprint density at radius 3 is 2.81 bits per heavy atom. The molecule has 0 bridgehead atoms. The molecule has 3 nitrogen and oxygen atoms in total. The molecule has 0 atom stereocenters. The van der Waals surface area contributed by atoms with E-state index >= 15 is 0 Å². The van der Waals surface area contributed by atoms with Crippen molar-refractivity contribution < 1.29 is 9.84 Å². The number of aliphatic hydroxyl groups excluding tert-OH is 1. The third kappa shape index (κ3) is 2.51. The fourth-order valence-corrected chi connectivity index (χ4v) is 1.42. The Morgan fingerprint density at radius 2 is 2.06 bits per heavy atom. The smallest absolute Gasteiger partial charge is 0.219 e. The summed E-state index contributed by atoms with van der Waals surface area (Å²) in [6.07, 6.45) is 1.58. The van der Waals surface area contributed by atoms with Crippen molar-refractivity contribution in [3.05, 3.63) is 53.2 Å². The number of aromatic nitrogens is 1. The van der Waals surface area contributed by atoms with Crippen molar-refractivity contribution in [2.24, 2.45) is 0 Å². The number of pyridine rings is 1. The number of halogens is 1. The Kier molecular flexibility index (Phi) is 3.39. The van der Waals surface area contributed by atoms with Crippen molar-refractivity contribution in [1.82, 2.24) is 4.98 Å². The van der Waals surface area contributed by atoms with Crippen LogP contribution in [0, 0.1) is 0 Å². The van der Waals surface area contributed by atoms with E-state index in [2.05, 4.69) is 4.98 Å². The molecule has 0 aliphatic heterocycles. The maximum Gasteiger partial charge on any atom is 0.219 e. The minimum Gasteiger partial charge on any atom is -0.437 e. The van der Waals surface area contributed by atoms with Crippen molar-refractivity contribution >= 4 is 11.6 Å². The third-order valence-corrected chi connectivity index (χ3v) is 2.35. The maximum atomic E-state index is 8.97. The zero-order chi connectivity index (χ0) is 11.4. The van der Waals surface area contributed by atoms with E-state index in [1.807, 2.05) is 12.1 Å². The molecule has 2 rings (SSSR count). The fourth-order valence-electron chi connectivity index (χ4n) is 1.24. The van der Waals surface area contributed by atoms with E-state index in [1.54, 1.807) is 30.5 Å². The molecule has 0 saturated carbocycles. The van der Waals surface area contributed by atoms with E-state index < -0.39 is 0 Å². The van der Waals surface area contributed by atoms with Crippen LogP contribution in [-0.2, 0) is 6.61 Å². The average Bonchev–Trinajstić information content (AvgIpc) is 2.32. The topological polar surface area (TPSA) is 42.4 Å². The van der Waals surface area contributed by atoms with Gasteiger partial charge in [-0.2, -0.15) is 0 Å². The number of benzene rings is 1. The lowest BCUT2D eigenvalue weighted by Crippen LogP contribution is -1.90. The van der Waals surface area contributed by atoms with Crippen LogP contribution in [0.15, 0.2) is 42.6 Å². The number of aliphatic hydroxyl groups is 1. The van der Waals surface area contributed by atoms with Gasteiger partial charge >= 0.3 is 0 Å². The summed E-state index contributed by atoms with van der Waals surface area (Å²) in [6.45, 7) is -0.0403. The second-order valence-corrected chi connectivity index (χ2v) is 3.60. The van der Waals surface area contributed by atoms with Crippen LogP contribution < -0.4 is 4.74 Å². The van der Waals surface area contributed by atoms with Crippen LogP contribution >= 0.6 is 11.6 Å². The number of para-hydroxylation sites is 1. The van der Waals surface area contributed by atoms with Crippen LogP contribution in [0.1, 0.15) is 5.56 Å². The Labute approximate surface area is 98.3 Å². The highest BCUT2D eigenvalue weighted by atomic mass is 35.5. The van der Waals surface area contributed by atoms with Gasteiger partial charge in [-0.1, -0.05) is 23.7 Å². The average molecular weight is 236 g/mol. The van der Waals surface area contributed by atoms with Gasteiger partial charge in [-0.05, 0) is 23.8 Å². The van der Waals surface area contributed by atoms with E-state index in [1.165, 1.54) is 0 Å². The minimum absolute atomic E-state index is 0.0403. The largest absolute Gasteiger partial charge is 0.437 e. The summed E-state index contributed by atoms with van der Waals surface area (Å²) >= 11 is 5.95. The zero-order valence-corrected chi connectivity index (χ0v) is 9.19. The molecule has 82 valence electrons. The van der Waals surface area contributed by atoms with E-state index in [4.69, 9.17) is 21.4 Å². The molecule has 0 spiro atoms. The van der Waals surface area contributed by atoms with Gasteiger partial charge in [-0.3, -0.25) is 0 Å². The van der Waals surface area contributed by atoms with E-state index in [0.717, 1.165) is 5.56 Å². The van der Waals surface area contributed by atoms with Crippen molar-refractivity contribution in [2.75, 3.05) is 0 Å². The molecule has 4 heteroatoms. The van der Waals surface area contributed by atoms with Gasteiger partial charge in [0.25, 0.3) is 0 Å². The van der Waals surface area contributed by atoms with Gasteiger partial charge in [0.1, 0.15) is 5.75 Å². The van der Waals surface area contributed by atoms with Crippen molar-refractivity contribution in [3.8, 4) is 11.6 Å². The van der Waals surface area contributed by atoms with Crippen LogP contribution in [0.4, 0.5) is 0 Å². The van der Waals surface area contributed by atoms with Gasteiger partial charge in [0.2, 0.25) is 5.88 Å². The van der Waals surface area contributed by atoms with Gasteiger partial charge < -0.3 is 9.84 Å². The van der Waals surface area contributed by atoms with Gasteiger partial charge in [0, 0.05) is 12.3 Å². The molecule has 0 aliphatic carbocycles. The Hall–Kier alpha value is -1.58. The van der Waals surface area contributed by atoms with E-state index in [-0.39, 0.29) is 6.61 Å². The zero-order valence-electron chi connectivity index (χ0n) is 8.43.